The lowest BCUT2D eigenvalue weighted by Crippen LogP contribution is -2.45. The number of carbonyl (C=O) groups is 2. The molecule has 1 aromatic rings. The van der Waals surface area contributed by atoms with E-state index in [1.54, 1.807) is 20.8 Å². The highest BCUT2D eigenvalue weighted by atomic mass is 16.6. The maximum atomic E-state index is 12.0. The zero-order valence-corrected chi connectivity index (χ0v) is 17.5. The van der Waals surface area contributed by atoms with E-state index < -0.39 is 23.7 Å². The molecule has 6 nitrogen and oxygen atoms in total. The molecule has 0 unspecified atom stereocenters. The van der Waals surface area contributed by atoms with Crippen LogP contribution in [-0.2, 0) is 20.7 Å². The minimum Gasteiger partial charge on any atom is -0.493 e. The minimum absolute atomic E-state index is 0.314. The Morgan fingerprint density at radius 1 is 1.11 bits per heavy atom. The summed E-state index contributed by atoms with van der Waals surface area (Å²) in [5.41, 5.74) is 0.263. The summed E-state index contributed by atoms with van der Waals surface area (Å²) < 4.78 is 16.0. The predicted molar refractivity (Wildman–Crippen MR) is 107 cm³/mol. The van der Waals surface area contributed by atoms with E-state index >= 15 is 0 Å². The van der Waals surface area contributed by atoms with Crippen molar-refractivity contribution in [3.05, 3.63) is 29.8 Å². The van der Waals surface area contributed by atoms with Crippen LogP contribution in [0, 0.1) is 5.92 Å². The molecule has 0 heterocycles. The molecule has 1 N–H and O–H groups in total. The van der Waals surface area contributed by atoms with Crippen molar-refractivity contribution < 1.29 is 23.8 Å². The van der Waals surface area contributed by atoms with Crippen molar-refractivity contribution in [2.45, 2.75) is 70.9 Å². The van der Waals surface area contributed by atoms with Crippen LogP contribution in [0.2, 0.25) is 0 Å². The summed E-state index contributed by atoms with van der Waals surface area (Å²) in [6.45, 7) is 6.06. The molecule has 28 heavy (non-hydrogen) atoms. The largest absolute Gasteiger partial charge is 0.493 e. The molecule has 1 aromatic carbocycles. The van der Waals surface area contributed by atoms with Gasteiger partial charge in [-0.25, -0.2) is 9.59 Å². The third kappa shape index (κ3) is 7.79. The summed E-state index contributed by atoms with van der Waals surface area (Å²) in [5.74, 6) is 0.961. The Hall–Kier alpha value is -2.24. The first-order chi connectivity index (χ1) is 13.3. The van der Waals surface area contributed by atoms with Gasteiger partial charge in [-0.3, -0.25) is 0 Å². The number of nitrogens with one attached hydrogen (secondary N) is 1. The molecular formula is C22H33NO5. The van der Waals surface area contributed by atoms with Gasteiger partial charge in [-0.05, 0) is 57.2 Å². The van der Waals surface area contributed by atoms with Crippen LogP contribution in [-0.4, -0.2) is 37.4 Å². The topological polar surface area (TPSA) is 73.9 Å². The Labute approximate surface area is 167 Å². The summed E-state index contributed by atoms with van der Waals surface area (Å²) in [7, 11) is 1.30. The van der Waals surface area contributed by atoms with E-state index in [1.807, 2.05) is 24.3 Å². The van der Waals surface area contributed by atoms with Crippen LogP contribution in [0.4, 0.5) is 4.79 Å². The highest BCUT2D eigenvalue weighted by molar-refractivity contribution is 5.81. The van der Waals surface area contributed by atoms with E-state index in [1.165, 1.54) is 39.2 Å². The van der Waals surface area contributed by atoms with E-state index in [9.17, 15) is 9.59 Å². The van der Waals surface area contributed by atoms with Crippen LogP contribution in [0.1, 0.15) is 58.4 Å². The van der Waals surface area contributed by atoms with Gasteiger partial charge >= 0.3 is 12.1 Å². The van der Waals surface area contributed by atoms with Crippen LogP contribution in [0.25, 0.3) is 0 Å². The van der Waals surface area contributed by atoms with Gasteiger partial charge in [0, 0.05) is 6.42 Å². The van der Waals surface area contributed by atoms with E-state index in [2.05, 4.69) is 5.32 Å². The molecule has 6 heteroatoms. The van der Waals surface area contributed by atoms with E-state index in [4.69, 9.17) is 14.2 Å². The van der Waals surface area contributed by atoms with Crippen LogP contribution in [0.5, 0.6) is 5.75 Å². The standard InChI is InChI=1S/C22H33NO5/c1-22(2,3)28-21(25)23-19(20(24)26-4)14-16-10-12-18(13-11-16)27-15-17-8-6-5-7-9-17/h10-13,17,19H,5-9,14-15H2,1-4H3,(H,23,25)/t19-/m0/s1. The first-order valence-corrected chi connectivity index (χ1v) is 10.1. The van der Waals surface area contributed by atoms with Gasteiger partial charge in [0.2, 0.25) is 0 Å². The normalized spacial score (nSPS) is 16.1. The summed E-state index contributed by atoms with van der Waals surface area (Å²) in [5, 5.41) is 2.59. The molecule has 0 bridgehead atoms. The maximum absolute atomic E-state index is 12.0. The molecule has 0 saturated heterocycles. The van der Waals surface area contributed by atoms with Crippen molar-refractivity contribution in [1.29, 1.82) is 0 Å². The van der Waals surface area contributed by atoms with Gasteiger partial charge in [0.1, 0.15) is 17.4 Å². The van der Waals surface area contributed by atoms with E-state index in [0.29, 0.717) is 12.3 Å². The average Bonchev–Trinajstić information content (AvgIpc) is 2.65. The van der Waals surface area contributed by atoms with Gasteiger partial charge in [0.05, 0.1) is 13.7 Å². The summed E-state index contributed by atoms with van der Waals surface area (Å²) in [6, 6.07) is 6.81. The number of carbonyl (C=O) groups excluding carboxylic acids is 2. The van der Waals surface area contributed by atoms with Crippen molar-refractivity contribution in [2.75, 3.05) is 13.7 Å². The quantitative estimate of drug-likeness (QED) is 0.703. The van der Waals surface area contributed by atoms with E-state index in [-0.39, 0.29) is 0 Å². The highest BCUT2D eigenvalue weighted by Gasteiger charge is 2.25. The number of hydrogen-bond donors (Lipinski definition) is 1. The van der Waals surface area contributed by atoms with Crippen molar-refractivity contribution in [2.24, 2.45) is 5.92 Å². The lowest BCUT2D eigenvalue weighted by atomic mass is 9.90. The number of amides is 1. The number of ether oxygens (including phenoxy) is 3. The van der Waals surface area contributed by atoms with Gasteiger partial charge in [-0.15, -0.1) is 0 Å². The first kappa shape index (κ1) is 22.1. The number of benzene rings is 1. The van der Waals surface area contributed by atoms with Crippen molar-refractivity contribution in [1.82, 2.24) is 5.32 Å². The fourth-order valence-corrected chi connectivity index (χ4v) is 3.31. The van der Waals surface area contributed by atoms with Crippen LogP contribution < -0.4 is 10.1 Å². The second-order valence-corrected chi connectivity index (χ2v) is 8.39. The maximum Gasteiger partial charge on any atom is 0.408 e. The number of esters is 1. The molecule has 156 valence electrons. The fraction of sp³-hybridized carbons (Fsp3) is 0.636. The number of rotatable bonds is 7. The Morgan fingerprint density at radius 3 is 2.32 bits per heavy atom. The Morgan fingerprint density at radius 2 is 1.75 bits per heavy atom. The van der Waals surface area contributed by atoms with Crippen LogP contribution in [0.15, 0.2) is 24.3 Å². The number of hydrogen-bond acceptors (Lipinski definition) is 5. The lowest BCUT2D eigenvalue weighted by molar-refractivity contribution is -0.143. The summed E-state index contributed by atoms with van der Waals surface area (Å²) in [4.78, 5) is 24.1. The SMILES string of the molecule is COC(=O)[C@H](Cc1ccc(OCC2CCCCC2)cc1)NC(=O)OC(C)(C)C. The summed E-state index contributed by atoms with van der Waals surface area (Å²) >= 11 is 0. The second kappa shape index (κ2) is 10.3. The van der Waals surface area contributed by atoms with Gasteiger partial charge in [0.15, 0.2) is 0 Å². The van der Waals surface area contributed by atoms with Crippen LogP contribution in [0.3, 0.4) is 0 Å². The minimum atomic E-state index is -0.811. The zero-order valence-electron chi connectivity index (χ0n) is 17.5. The molecule has 2 rings (SSSR count). The van der Waals surface area contributed by atoms with Crippen molar-refractivity contribution >= 4 is 12.1 Å². The monoisotopic (exact) mass is 391 g/mol. The molecule has 1 saturated carbocycles. The summed E-state index contributed by atoms with van der Waals surface area (Å²) in [6.07, 6.45) is 6.10. The molecule has 0 aliphatic heterocycles. The molecule has 0 aromatic heterocycles. The smallest absolute Gasteiger partial charge is 0.408 e. The number of methoxy groups -OCH3 is 1. The van der Waals surface area contributed by atoms with Crippen molar-refractivity contribution in [3.8, 4) is 5.75 Å². The molecule has 0 radical (unpaired) electrons. The lowest BCUT2D eigenvalue weighted by Gasteiger charge is -2.23. The van der Waals surface area contributed by atoms with Gasteiger partial charge < -0.3 is 19.5 Å². The van der Waals surface area contributed by atoms with Crippen LogP contribution >= 0.6 is 0 Å². The highest BCUT2D eigenvalue weighted by Crippen LogP contribution is 2.24. The third-order valence-corrected chi connectivity index (χ3v) is 4.75. The van der Waals surface area contributed by atoms with Gasteiger partial charge in [0.25, 0.3) is 0 Å². The van der Waals surface area contributed by atoms with Crippen molar-refractivity contribution in [3.63, 3.8) is 0 Å². The average molecular weight is 392 g/mol. The Kier molecular flexibility index (Phi) is 8.15. The molecule has 1 amide bonds. The zero-order chi connectivity index (χ0) is 20.6. The van der Waals surface area contributed by atoms with Gasteiger partial charge in [-0.1, -0.05) is 31.4 Å². The molecule has 1 atom stereocenters. The van der Waals surface area contributed by atoms with E-state index in [0.717, 1.165) is 17.9 Å². The number of alkyl carbamates (subject to hydrolysis) is 1. The Bertz CT molecular complexity index is 629. The predicted octanol–water partition coefficient (Wildman–Crippen LogP) is 4.25. The molecule has 0 spiro atoms. The Balaban J connectivity index is 1.90. The molecular weight excluding hydrogens is 358 g/mol. The van der Waals surface area contributed by atoms with Gasteiger partial charge in [-0.2, -0.15) is 0 Å². The molecule has 1 aliphatic rings. The first-order valence-electron chi connectivity index (χ1n) is 10.1. The second-order valence-electron chi connectivity index (χ2n) is 8.39. The molecule has 1 aliphatic carbocycles. The molecule has 1 fully saturated rings. The third-order valence-electron chi connectivity index (χ3n) is 4.75. The fourth-order valence-electron chi connectivity index (χ4n) is 3.31.